The maximum absolute atomic E-state index is 11.2. The summed E-state index contributed by atoms with van der Waals surface area (Å²) in [7, 11) is 0. The highest BCUT2D eigenvalue weighted by Crippen LogP contribution is 2.33. The predicted octanol–water partition coefficient (Wildman–Crippen LogP) is -0.869. The summed E-state index contributed by atoms with van der Waals surface area (Å²) in [4.78, 5) is 18.4. The third kappa shape index (κ3) is 3.61. The lowest BCUT2D eigenvalue weighted by Crippen LogP contribution is -2.57. The van der Waals surface area contributed by atoms with Gasteiger partial charge in [0.25, 0.3) is 0 Å². The summed E-state index contributed by atoms with van der Waals surface area (Å²) in [5.41, 5.74) is 19.2. The summed E-state index contributed by atoms with van der Waals surface area (Å²) in [6.45, 7) is 2.62. The number of amides is 2. The normalized spacial score (nSPS) is 34.3. The van der Waals surface area contributed by atoms with Gasteiger partial charge < -0.3 is 21.7 Å². The van der Waals surface area contributed by atoms with Gasteiger partial charge in [-0.15, -0.1) is 0 Å². The first-order valence-electron chi connectivity index (χ1n) is 9.38. The smallest absolute Gasteiger partial charge is 0.313 e. The minimum absolute atomic E-state index is 0.0951. The van der Waals surface area contributed by atoms with E-state index in [1.54, 1.807) is 0 Å². The van der Waals surface area contributed by atoms with Crippen LogP contribution in [0.2, 0.25) is 0 Å². The fourth-order valence-corrected chi connectivity index (χ4v) is 4.35. The molecule has 2 amide bonds. The average molecular weight is 360 g/mol. The largest absolute Gasteiger partial charge is 0.355 e. The number of primary amides is 1. The van der Waals surface area contributed by atoms with Gasteiger partial charge in [0.05, 0.1) is 17.9 Å². The Labute approximate surface area is 153 Å². The molecule has 5 atom stereocenters. The Morgan fingerprint density at radius 3 is 3.04 bits per heavy atom. The van der Waals surface area contributed by atoms with Gasteiger partial charge in [-0.25, -0.2) is 15.2 Å². The molecule has 4 unspecified atom stereocenters. The van der Waals surface area contributed by atoms with Gasteiger partial charge in [-0.1, -0.05) is 6.07 Å². The van der Waals surface area contributed by atoms with Crippen LogP contribution in [0.4, 0.5) is 10.6 Å². The molecule has 1 aromatic rings. The van der Waals surface area contributed by atoms with Crippen molar-refractivity contribution in [2.24, 2.45) is 17.4 Å². The molecule has 0 bridgehead atoms. The molecule has 4 heterocycles. The second-order valence-electron chi connectivity index (χ2n) is 7.51. The number of rotatable bonds is 3. The molecule has 4 rings (SSSR count). The topological polar surface area (TPSA) is 133 Å². The highest BCUT2D eigenvalue weighted by Gasteiger charge is 2.42. The Bertz CT molecular complexity index is 655. The zero-order valence-electron chi connectivity index (χ0n) is 14.8. The molecular formula is C17H28N8O. The van der Waals surface area contributed by atoms with E-state index in [1.807, 2.05) is 0 Å². The predicted molar refractivity (Wildman–Crippen MR) is 99.1 cm³/mol. The van der Waals surface area contributed by atoms with E-state index in [2.05, 4.69) is 44.6 Å². The van der Waals surface area contributed by atoms with Crippen LogP contribution in [-0.4, -0.2) is 48.9 Å². The number of nitrogens with one attached hydrogen (secondary N) is 4. The van der Waals surface area contributed by atoms with E-state index in [4.69, 9.17) is 16.5 Å². The van der Waals surface area contributed by atoms with Crippen LogP contribution in [0.25, 0.3) is 0 Å². The van der Waals surface area contributed by atoms with Crippen molar-refractivity contribution >= 4 is 11.8 Å². The van der Waals surface area contributed by atoms with Crippen LogP contribution in [0.5, 0.6) is 0 Å². The third-order valence-electron chi connectivity index (χ3n) is 5.63. The van der Waals surface area contributed by atoms with Crippen molar-refractivity contribution in [3.63, 3.8) is 0 Å². The lowest BCUT2D eigenvalue weighted by molar-refractivity contribution is 0.217. The molecule has 0 aliphatic carbocycles. The lowest BCUT2D eigenvalue weighted by Gasteiger charge is -2.34. The molecule has 3 saturated heterocycles. The second-order valence-corrected chi connectivity index (χ2v) is 7.51. The molecule has 1 aromatic heterocycles. The summed E-state index contributed by atoms with van der Waals surface area (Å²) < 4.78 is 0. The molecule has 0 spiro atoms. The van der Waals surface area contributed by atoms with Crippen molar-refractivity contribution in [2.75, 3.05) is 24.5 Å². The van der Waals surface area contributed by atoms with Crippen LogP contribution in [0.3, 0.4) is 0 Å². The number of urea groups is 1. The molecule has 26 heavy (non-hydrogen) atoms. The second kappa shape index (κ2) is 7.36. The molecule has 9 nitrogen and oxygen atoms in total. The van der Waals surface area contributed by atoms with E-state index < -0.39 is 6.03 Å². The molecule has 0 radical (unpaired) electrons. The Morgan fingerprint density at radius 2 is 2.23 bits per heavy atom. The number of nitrogens with zero attached hydrogens (tertiary/aromatic N) is 2. The number of hydrazine groups is 1. The zero-order valence-corrected chi connectivity index (χ0v) is 14.8. The van der Waals surface area contributed by atoms with Crippen molar-refractivity contribution in [3.8, 4) is 0 Å². The van der Waals surface area contributed by atoms with E-state index in [9.17, 15) is 4.79 Å². The lowest BCUT2D eigenvalue weighted by atomic mass is 9.85. The van der Waals surface area contributed by atoms with Gasteiger partial charge >= 0.3 is 6.03 Å². The van der Waals surface area contributed by atoms with Crippen LogP contribution in [0, 0.1) is 5.92 Å². The summed E-state index contributed by atoms with van der Waals surface area (Å²) >= 11 is 0. The number of aromatic nitrogens is 1. The Kier molecular flexibility index (Phi) is 4.94. The van der Waals surface area contributed by atoms with Crippen LogP contribution in [0.1, 0.15) is 31.0 Å². The summed E-state index contributed by atoms with van der Waals surface area (Å²) in [6.07, 6.45) is 2.86. The monoisotopic (exact) mass is 360 g/mol. The van der Waals surface area contributed by atoms with Gasteiger partial charge in [-0.2, -0.15) is 0 Å². The molecule has 3 fully saturated rings. The molecule has 142 valence electrons. The van der Waals surface area contributed by atoms with Crippen molar-refractivity contribution < 1.29 is 4.79 Å². The van der Waals surface area contributed by atoms with E-state index in [0.29, 0.717) is 12.0 Å². The first-order chi connectivity index (χ1) is 12.6. The van der Waals surface area contributed by atoms with Gasteiger partial charge in [-0.05, 0) is 31.4 Å². The van der Waals surface area contributed by atoms with Crippen LogP contribution >= 0.6 is 0 Å². The minimum atomic E-state index is -0.502. The number of fused-ring (bicyclic) bond motifs is 1. The van der Waals surface area contributed by atoms with E-state index >= 15 is 0 Å². The maximum atomic E-state index is 11.2. The average Bonchev–Trinajstić information content (AvgIpc) is 3.04. The van der Waals surface area contributed by atoms with E-state index in [0.717, 1.165) is 50.4 Å². The van der Waals surface area contributed by atoms with E-state index in [-0.39, 0.29) is 18.2 Å². The fraction of sp³-hybridized carbons (Fsp3) is 0.647. The number of anilines is 1. The van der Waals surface area contributed by atoms with Gasteiger partial charge in [-0.3, -0.25) is 10.7 Å². The number of piperidine rings is 2. The third-order valence-corrected chi connectivity index (χ3v) is 5.63. The number of pyridine rings is 1. The molecule has 0 aromatic carbocycles. The number of carbonyl (C=O) groups is 1. The van der Waals surface area contributed by atoms with Crippen molar-refractivity contribution in [1.29, 1.82) is 0 Å². The first kappa shape index (κ1) is 17.5. The van der Waals surface area contributed by atoms with Crippen molar-refractivity contribution in [1.82, 2.24) is 26.5 Å². The minimum Gasteiger partial charge on any atom is -0.355 e. The Morgan fingerprint density at radius 1 is 1.35 bits per heavy atom. The first-order valence-corrected chi connectivity index (χ1v) is 9.38. The zero-order chi connectivity index (χ0) is 18.1. The van der Waals surface area contributed by atoms with Crippen LogP contribution in [-0.2, 0) is 0 Å². The molecular weight excluding hydrogens is 332 g/mol. The summed E-state index contributed by atoms with van der Waals surface area (Å²) in [5, 5.41) is 6.07. The van der Waals surface area contributed by atoms with Gasteiger partial charge in [0.15, 0.2) is 0 Å². The highest BCUT2D eigenvalue weighted by atomic mass is 16.2. The number of nitrogens with two attached hydrogens (primary N) is 2. The van der Waals surface area contributed by atoms with Crippen molar-refractivity contribution in [3.05, 3.63) is 23.9 Å². The Balaban J connectivity index is 1.50. The number of hydrogen-bond donors (Lipinski definition) is 6. The molecule has 3 aliphatic rings. The molecule has 8 N–H and O–H groups in total. The number of hydrogen-bond acceptors (Lipinski definition) is 7. The highest BCUT2D eigenvalue weighted by molar-refractivity contribution is 5.71. The number of carbonyl (C=O) groups excluding carboxylic acids is 1. The van der Waals surface area contributed by atoms with Gasteiger partial charge in [0.2, 0.25) is 0 Å². The SMILES string of the molecule is NC(=O)NC1CC2C(CN1)NNC2c1cccc(N2CCC[C@H](N)C2)n1. The van der Waals surface area contributed by atoms with Crippen LogP contribution < -0.4 is 37.9 Å². The van der Waals surface area contributed by atoms with E-state index in [1.165, 1.54) is 0 Å². The molecule has 9 heteroatoms. The standard InChI is InChI=1S/C17H28N8O/c18-10-3-2-6-25(9-10)15-5-1-4-12(21-15)16-11-7-14(22-17(19)26)20-8-13(11)23-24-16/h1,4-5,10-11,13-14,16,20,23-24H,2-3,6-9,18H2,(H3,19,22,26)/t10-,11?,13?,14?,16?/m0/s1. The molecule has 0 saturated carbocycles. The fourth-order valence-electron chi connectivity index (χ4n) is 4.35. The maximum Gasteiger partial charge on any atom is 0.313 e. The van der Waals surface area contributed by atoms with Crippen LogP contribution in [0.15, 0.2) is 18.2 Å². The van der Waals surface area contributed by atoms with Crippen molar-refractivity contribution in [2.45, 2.75) is 43.6 Å². The quantitative estimate of drug-likeness (QED) is 0.413. The Hall–Kier alpha value is -1.94. The summed E-state index contributed by atoms with van der Waals surface area (Å²) in [6, 6.07) is 6.28. The van der Waals surface area contributed by atoms with Gasteiger partial charge in [0.1, 0.15) is 5.82 Å². The van der Waals surface area contributed by atoms with Gasteiger partial charge in [0, 0.05) is 37.6 Å². The molecule has 3 aliphatic heterocycles. The summed E-state index contributed by atoms with van der Waals surface area (Å²) in [5.74, 6) is 1.31.